The van der Waals surface area contributed by atoms with Gasteiger partial charge in [0.15, 0.2) is 0 Å². The molecule has 0 aliphatic heterocycles. The number of alkyl halides is 3. The molecule has 0 saturated heterocycles. The van der Waals surface area contributed by atoms with Crippen LogP contribution in [0.2, 0.25) is 0 Å². The number of carbonyl (C=O) groups excluding carboxylic acids is 1. The Hall–Kier alpha value is -4.87. The summed E-state index contributed by atoms with van der Waals surface area (Å²) in [6, 6.07) is 21.2. The first kappa shape index (κ1) is 34.6. The second-order valence-corrected chi connectivity index (χ2v) is 10.3. The summed E-state index contributed by atoms with van der Waals surface area (Å²) in [5.41, 5.74) is 5.81. The molecule has 4 N–H and O–H groups in total. The van der Waals surface area contributed by atoms with E-state index in [4.69, 9.17) is 14.9 Å². The molecule has 1 heterocycles. The number of carboxylic acids is 2. The Bertz CT molecular complexity index is 1600. The number of anilines is 1. The van der Waals surface area contributed by atoms with Crippen LogP contribution in [0.15, 0.2) is 66.7 Å². The Morgan fingerprint density at radius 1 is 0.911 bits per heavy atom. The molecule has 1 aromatic heterocycles. The van der Waals surface area contributed by atoms with Crippen molar-refractivity contribution >= 4 is 34.6 Å². The van der Waals surface area contributed by atoms with Crippen molar-refractivity contribution in [3.63, 3.8) is 0 Å². The Balaban J connectivity index is 0.000000707. The fourth-order valence-corrected chi connectivity index (χ4v) is 4.53. The van der Waals surface area contributed by atoms with E-state index in [1.807, 2.05) is 48.5 Å². The smallest absolute Gasteiger partial charge is 0.478 e. The Morgan fingerprint density at radius 2 is 1.58 bits per heavy atom. The highest BCUT2D eigenvalue weighted by Gasteiger charge is 2.38. The first-order valence-electron chi connectivity index (χ1n) is 14.7. The van der Waals surface area contributed by atoms with Gasteiger partial charge in [-0.05, 0) is 53.8 Å². The van der Waals surface area contributed by atoms with Crippen molar-refractivity contribution in [2.24, 2.45) is 0 Å². The topological polar surface area (TPSA) is 134 Å². The quantitative estimate of drug-likeness (QED) is 0.121. The van der Waals surface area contributed by atoms with Crippen LogP contribution >= 0.6 is 0 Å². The minimum absolute atomic E-state index is 0.0137. The van der Waals surface area contributed by atoms with Crippen molar-refractivity contribution in [1.82, 2.24) is 14.9 Å². The van der Waals surface area contributed by atoms with E-state index in [2.05, 4.69) is 35.1 Å². The Kier molecular flexibility index (Phi) is 12.5. The number of benzene rings is 3. The van der Waals surface area contributed by atoms with Gasteiger partial charge in [-0.3, -0.25) is 4.79 Å². The van der Waals surface area contributed by atoms with Crippen LogP contribution < -0.4 is 10.6 Å². The maximum Gasteiger partial charge on any atom is 0.490 e. The van der Waals surface area contributed by atoms with Gasteiger partial charge in [0.1, 0.15) is 5.82 Å². The van der Waals surface area contributed by atoms with E-state index in [0.717, 1.165) is 65.8 Å². The number of hydrogen-bond acceptors (Lipinski definition) is 5. The molecule has 0 aliphatic rings. The van der Waals surface area contributed by atoms with E-state index < -0.39 is 18.1 Å². The minimum Gasteiger partial charge on any atom is -0.478 e. The largest absolute Gasteiger partial charge is 0.490 e. The summed E-state index contributed by atoms with van der Waals surface area (Å²) in [6.07, 6.45) is -0.0342. The number of nitrogens with one attached hydrogen (secondary N) is 2. The number of imidazole rings is 1. The van der Waals surface area contributed by atoms with Crippen LogP contribution in [0.3, 0.4) is 0 Å². The molecule has 3 aromatic carbocycles. The van der Waals surface area contributed by atoms with Gasteiger partial charge >= 0.3 is 18.1 Å². The highest BCUT2D eigenvalue weighted by molar-refractivity contribution is 5.96. The lowest BCUT2D eigenvalue weighted by molar-refractivity contribution is -0.192. The molecule has 240 valence electrons. The zero-order valence-corrected chi connectivity index (χ0v) is 25.2. The molecule has 12 heteroatoms. The van der Waals surface area contributed by atoms with Crippen LogP contribution in [0, 0.1) is 0 Å². The molecular formula is C33H37F3N4O5. The van der Waals surface area contributed by atoms with Gasteiger partial charge in [0.2, 0.25) is 5.91 Å². The number of rotatable bonds is 13. The Labute approximate surface area is 259 Å². The zero-order valence-electron chi connectivity index (χ0n) is 25.2. The molecule has 0 unspecified atom stereocenters. The van der Waals surface area contributed by atoms with Crippen molar-refractivity contribution in [3.05, 3.63) is 83.7 Å². The van der Waals surface area contributed by atoms with Crippen molar-refractivity contribution in [2.45, 2.75) is 58.7 Å². The van der Waals surface area contributed by atoms with Crippen molar-refractivity contribution < 1.29 is 37.8 Å². The van der Waals surface area contributed by atoms with Crippen molar-refractivity contribution in [3.8, 4) is 11.1 Å². The maximum absolute atomic E-state index is 12.1. The number of aryl methyl sites for hydroxylation is 1. The molecule has 0 aliphatic carbocycles. The monoisotopic (exact) mass is 626 g/mol. The molecule has 4 aromatic rings. The molecule has 0 spiro atoms. The highest BCUT2D eigenvalue weighted by Crippen LogP contribution is 2.26. The van der Waals surface area contributed by atoms with Gasteiger partial charge in [-0.15, -0.1) is 0 Å². The number of halogens is 3. The summed E-state index contributed by atoms with van der Waals surface area (Å²) in [5.74, 6) is -2.66. The SMILES string of the molecule is CCCCNC(=O)CNc1ccc2nc(CCCC)n(Cc3ccc(-c4ccccc4C(=O)O)cc3)c2c1.O=C(O)C(F)(F)F. The van der Waals surface area contributed by atoms with Crippen LogP contribution in [-0.2, 0) is 22.6 Å². The number of carbonyl (C=O) groups is 3. The van der Waals surface area contributed by atoms with Gasteiger partial charge in [0.25, 0.3) is 0 Å². The van der Waals surface area contributed by atoms with Gasteiger partial charge in [-0.25, -0.2) is 14.6 Å². The van der Waals surface area contributed by atoms with Crippen LogP contribution in [-0.4, -0.2) is 56.9 Å². The van der Waals surface area contributed by atoms with Crippen LogP contribution in [0.5, 0.6) is 0 Å². The van der Waals surface area contributed by atoms with E-state index in [0.29, 0.717) is 24.2 Å². The van der Waals surface area contributed by atoms with Gasteiger partial charge in [-0.1, -0.05) is 69.2 Å². The van der Waals surface area contributed by atoms with E-state index >= 15 is 0 Å². The number of amides is 1. The normalized spacial score (nSPS) is 11.0. The average Bonchev–Trinajstić information content (AvgIpc) is 3.35. The fraction of sp³-hybridized carbons (Fsp3) is 0.333. The van der Waals surface area contributed by atoms with Crippen molar-refractivity contribution in [1.29, 1.82) is 0 Å². The van der Waals surface area contributed by atoms with Crippen molar-refractivity contribution in [2.75, 3.05) is 18.4 Å². The molecule has 4 rings (SSSR count). The number of unbranched alkanes of at least 4 members (excludes halogenated alkanes) is 2. The number of carboxylic acid groups (broad SMARTS) is 2. The van der Waals surface area contributed by atoms with Gasteiger partial charge in [0.05, 0.1) is 23.1 Å². The number of aromatic carboxylic acids is 1. The lowest BCUT2D eigenvalue weighted by Gasteiger charge is -2.12. The summed E-state index contributed by atoms with van der Waals surface area (Å²) >= 11 is 0. The average molecular weight is 627 g/mol. The summed E-state index contributed by atoms with van der Waals surface area (Å²) < 4.78 is 34.0. The molecule has 9 nitrogen and oxygen atoms in total. The highest BCUT2D eigenvalue weighted by atomic mass is 19.4. The number of aliphatic carboxylic acids is 1. The molecule has 0 radical (unpaired) electrons. The summed E-state index contributed by atoms with van der Waals surface area (Å²) in [4.78, 5) is 37.6. The standard InChI is InChI=1S/C31H36N4O3.C2HF3O2/c1-3-5-11-29-34-27-17-16-24(33-20-30(36)32-18-6-4-2)19-28(27)35(29)21-22-12-14-23(15-13-22)25-9-7-8-10-26(25)31(37)38;3-2(4,5)1(6)7/h7-10,12-17,19,33H,3-6,11,18,20-21H2,1-2H3,(H,32,36)(H,37,38);(H,6,7). The van der Waals surface area contributed by atoms with Crippen LogP contribution in [0.1, 0.15) is 61.3 Å². The molecule has 45 heavy (non-hydrogen) atoms. The first-order chi connectivity index (χ1) is 21.4. The number of fused-ring (bicyclic) bond motifs is 1. The van der Waals surface area contributed by atoms with Gasteiger partial charge in [-0.2, -0.15) is 13.2 Å². The van der Waals surface area contributed by atoms with E-state index in [9.17, 15) is 27.9 Å². The maximum atomic E-state index is 12.1. The van der Waals surface area contributed by atoms with Gasteiger partial charge in [0, 0.05) is 25.2 Å². The summed E-state index contributed by atoms with van der Waals surface area (Å²) in [5, 5.41) is 22.9. The minimum atomic E-state index is -5.08. The molecule has 0 atom stereocenters. The molecule has 0 bridgehead atoms. The zero-order chi connectivity index (χ0) is 33.0. The predicted molar refractivity (Wildman–Crippen MR) is 166 cm³/mol. The molecule has 1 amide bonds. The van der Waals surface area contributed by atoms with Crippen LogP contribution in [0.4, 0.5) is 18.9 Å². The number of hydrogen-bond donors (Lipinski definition) is 4. The third kappa shape index (κ3) is 10.1. The summed E-state index contributed by atoms with van der Waals surface area (Å²) in [6.45, 7) is 5.85. The fourth-order valence-electron chi connectivity index (χ4n) is 4.53. The molecule has 0 fully saturated rings. The molecule has 0 saturated carbocycles. The third-order valence-corrected chi connectivity index (χ3v) is 6.89. The van der Waals surface area contributed by atoms with E-state index in [-0.39, 0.29) is 12.5 Å². The second-order valence-electron chi connectivity index (χ2n) is 10.3. The second kappa shape index (κ2) is 16.3. The first-order valence-corrected chi connectivity index (χ1v) is 14.7. The van der Waals surface area contributed by atoms with E-state index in [1.165, 1.54) is 0 Å². The van der Waals surface area contributed by atoms with Crippen LogP contribution in [0.25, 0.3) is 22.2 Å². The predicted octanol–water partition coefficient (Wildman–Crippen LogP) is 6.75. The van der Waals surface area contributed by atoms with E-state index in [1.54, 1.807) is 12.1 Å². The third-order valence-electron chi connectivity index (χ3n) is 6.89. The molecular weight excluding hydrogens is 589 g/mol. The summed E-state index contributed by atoms with van der Waals surface area (Å²) in [7, 11) is 0. The lowest BCUT2D eigenvalue weighted by atomic mass is 9.99. The Morgan fingerprint density at radius 3 is 2.20 bits per heavy atom. The van der Waals surface area contributed by atoms with Gasteiger partial charge < -0.3 is 25.4 Å². The lowest BCUT2D eigenvalue weighted by Crippen LogP contribution is -2.30. The number of nitrogens with zero attached hydrogens (tertiary/aromatic N) is 2. The number of aromatic nitrogens is 2.